The first-order valence-corrected chi connectivity index (χ1v) is 11.2. The highest BCUT2D eigenvalue weighted by Gasteiger charge is 2.25. The lowest BCUT2D eigenvalue weighted by atomic mass is 9.85. The van der Waals surface area contributed by atoms with E-state index in [1.54, 1.807) is 0 Å². The molecule has 0 aliphatic heterocycles. The fourth-order valence-electron chi connectivity index (χ4n) is 5.18. The van der Waals surface area contributed by atoms with Crippen LogP contribution < -0.4 is 0 Å². The van der Waals surface area contributed by atoms with Gasteiger partial charge in [-0.25, -0.2) is 0 Å². The molecule has 0 heterocycles. The van der Waals surface area contributed by atoms with Crippen LogP contribution in [-0.4, -0.2) is 0 Å². The molecule has 5 aromatic carbocycles. The zero-order valence-corrected chi connectivity index (χ0v) is 18.4. The minimum Gasteiger partial charge on any atom is -0.0616 e. The van der Waals surface area contributed by atoms with Crippen LogP contribution in [0.25, 0.3) is 33.0 Å². The van der Waals surface area contributed by atoms with Crippen LogP contribution in [0.15, 0.2) is 109 Å². The van der Waals surface area contributed by atoms with E-state index in [0.717, 1.165) is 0 Å². The summed E-state index contributed by atoms with van der Waals surface area (Å²) in [4.78, 5) is 0. The lowest BCUT2D eigenvalue weighted by Crippen LogP contribution is -1.97. The van der Waals surface area contributed by atoms with Crippen LogP contribution in [0.3, 0.4) is 0 Å². The minimum atomic E-state index is 1.26. The van der Waals surface area contributed by atoms with Crippen LogP contribution in [0.2, 0.25) is 0 Å². The average molecular weight is 409 g/mol. The van der Waals surface area contributed by atoms with Crippen molar-refractivity contribution in [3.8, 4) is 11.1 Å². The number of aryl methyl sites for hydroxylation is 2. The second-order valence-electron chi connectivity index (χ2n) is 8.74. The Morgan fingerprint density at radius 1 is 0.406 bits per heavy atom. The minimum absolute atomic E-state index is 1.26. The first kappa shape index (κ1) is 18.8. The van der Waals surface area contributed by atoms with Gasteiger partial charge in [-0.15, -0.1) is 0 Å². The van der Waals surface area contributed by atoms with Crippen molar-refractivity contribution in [2.24, 2.45) is 0 Å². The molecule has 0 saturated heterocycles. The molecule has 0 aromatic heterocycles. The molecule has 0 bridgehead atoms. The van der Waals surface area contributed by atoms with Gasteiger partial charge in [0, 0.05) is 0 Å². The predicted molar refractivity (Wildman–Crippen MR) is 137 cm³/mol. The molecule has 0 spiro atoms. The van der Waals surface area contributed by atoms with E-state index in [4.69, 9.17) is 0 Å². The van der Waals surface area contributed by atoms with E-state index in [0.29, 0.717) is 0 Å². The standard InChI is InChI=1S/C32H24/c1-21-9-5-13-24(19-21)31-28-16-4-3-15-26(28)27-17-7-11-23-12-8-18-29(30(23)27)32(31)25-14-6-10-22(2)20-25/h3-20H,1-2H3. The van der Waals surface area contributed by atoms with E-state index in [1.165, 1.54) is 66.4 Å². The van der Waals surface area contributed by atoms with Crippen molar-refractivity contribution in [3.63, 3.8) is 0 Å². The van der Waals surface area contributed by atoms with E-state index in [2.05, 4.69) is 123 Å². The highest BCUT2D eigenvalue weighted by Crippen LogP contribution is 2.48. The Hall–Kier alpha value is -3.90. The maximum atomic E-state index is 2.32. The number of fused-ring (bicyclic) bond motifs is 2. The Morgan fingerprint density at radius 2 is 0.906 bits per heavy atom. The molecule has 5 aromatic rings. The molecule has 0 nitrogen and oxygen atoms in total. The van der Waals surface area contributed by atoms with Gasteiger partial charge in [-0.05, 0) is 69.1 Å². The van der Waals surface area contributed by atoms with Gasteiger partial charge in [0.05, 0.1) is 0 Å². The van der Waals surface area contributed by atoms with Crippen LogP contribution in [0.1, 0.15) is 33.4 Å². The molecule has 0 fully saturated rings. The maximum Gasteiger partial charge on any atom is -0.00200 e. The summed E-state index contributed by atoms with van der Waals surface area (Å²) in [5, 5.41) is 2.62. The van der Waals surface area contributed by atoms with Crippen molar-refractivity contribution in [3.05, 3.63) is 143 Å². The van der Waals surface area contributed by atoms with Gasteiger partial charge in [-0.3, -0.25) is 0 Å². The van der Waals surface area contributed by atoms with Crippen molar-refractivity contribution < 1.29 is 0 Å². The molecule has 32 heavy (non-hydrogen) atoms. The topological polar surface area (TPSA) is 0 Å². The Labute approximate surface area is 189 Å². The number of benzene rings is 5. The fourth-order valence-corrected chi connectivity index (χ4v) is 5.18. The number of rotatable bonds is 2. The molecule has 6 rings (SSSR count). The van der Waals surface area contributed by atoms with Gasteiger partial charge >= 0.3 is 0 Å². The lowest BCUT2D eigenvalue weighted by Gasteiger charge is -2.18. The van der Waals surface area contributed by atoms with Crippen LogP contribution in [0.4, 0.5) is 0 Å². The lowest BCUT2D eigenvalue weighted by molar-refractivity contribution is 1.42. The second-order valence-corrected chi connectivity index (χ2v) is 8.74. The van der Waals surface area contributed by atoms with Crippen LogP contribution in [0.5, 0.6) is 0 Å². The van der Waals surface area contributed by atoms with Gasteiger partial charge in [0.1, 0.15) is 0 Å². The average Bonchev–Trinajstić information content (AvgIpc) is 2.94. The number of hydrogen-bond donors (Lipinski definition) is 0. The van der Waals surface area contributed by atoms with Gasteiger partial charge in [0.2, 0.25) is 0 Å². The summed E-state index contributed by atoms with van der Waals surface area (Å²) in [7, 11) is 0. The summed E-state index contributed by atoms with van der Waals surface area (Å²) in [6, 6.07) is 40.1. The van der Waals surface area contributed by atoms with Crippen molar-refractivity contribution in [2.75, 3.05) is 0 Å². The third kappa shape index (κ3) is 2.92. The first-order valence-electron chi connectivity index (χ1n) is 11.2. The molecular weight excluding hydrogens is 384 g/mol. The Morgan fingerprint density at radius 3 is 1.53 bits per heavy atom. The van der Waals surface area contributed by atoms with Gasteiger partial charge in [0.15, 0.2) is 0 Å². The molecule has 1 aliphatic rings. The van der Waals surface area contributed by atoms with E-state index in [1.807, 2.05) is 0 Å². The normalized spacial score (nSPS) is 12.6. The van der Waals surface area contributed by atoms with Crippen molar-refractivity contribution in [2.45, 2.75) is 13.8 Å². The molecule has 0 N–H and O–H groups in total. The SMILES string of the molecule is Cc1cccc(C2=C(c3cccc(C)c3)c3cccc4cccc(c34)-c3ccccc32)c1. The van der Waals surface area contributed by atoms with Crippen molar-refractivity contribution >= 4 is 21.9 Å². The van der Waals surface area contributed by atoms with Crippen molar-refractivity contribution in [1.82, 2.24) is 0 Å². The zero-order chi connectivity index (χ0) is 21.7. The van der Waals surface area contributed by atoms with E-state index in [-0.39, 0.29) is 0 Å². The fraction of sp³-hybridized carbons (Fsp3) is 0.0625. The number of hydrogen-bond acceptors (Lipinski definition) is 0. The van der Waals surface area contributed by atoms with Crippen molar-refractivity contribution in [1.29, 1.82) is 0 Å². The van der Waals surface area contributed by atoms with Gasteiger partial charge in [-0.2, -0.15) is 0 Å². The molecule has 1 aliphatic carbocycles. The summed E-state index contributed by atoms with van der Waals surface area (Å²) in [5.41, 5.74) is 12.9. The predicted octanol–water partition coefficient (Wildman–Crippen LogP) is 8.44. The Balaban J connectivity index is 1.88. The summed E-state index contributed by atoms with van der Waals surface area (Å²) in [6.45, 7) is 4.35. The molecule has 0 amide bonds. The van der Waals surface area contributed by atoms with Gasteiger partial charge in [-0.1, -0.05) is 120 Å². The quantitative estimate of drug-likeness (QED) is 0.270. The molecule has 0 atom stereocenters. The monoisotopic (exact) mass is 408 g/mol. The third-order valence-electron chi connectivity index (χ3n) is 6.52. The largest absolute Gasteiger partial charge is 0.0616 e. The highest BCUT2D eigenvalue weighted by atomic mass is 14.3. The van der Waals surface area contributed by atoms with Crippen LogP contribution in [0, 0.1) is 13.8 Å². The van der Waals surface area contributed by atoms with E-state index in [9.17, 15) is 0 Å². The first-order chi connectivity index (χ1) is 15.7. The zero-order valence-electron chi connectivity index (χ0n) is 18.4. The summed E-state index contributed by atoms with van der Waals surface area (Å²) in [6.07, 6.45) is 0. The third-order valence-corrected chi connectivity index (χ3v) is 6.52. The maximum absolute atomic E-state index is 2.32. The highest BCUT2D eigenvalue weighted by molar-refractivity contribution is 6.17. The van der Waals surface area contributed by atoms with Gasteiger partial charge in [0.25, 0.3) is 0 Å². The van der Waals surface area contributed by atoms with Gasteiger partial charge < -0.3 is 0 Å². The van der Waals surface area contributed by atoms with Crippen LogP contribution >= 0.6 is 0 Å². The molecule has 152 valence electrons. The van der Waals surface area contributed by atoms with E-state index >= 15 is 0 Å². The molecule has 0 heteroatoms. The summed E-state index contributed by atoms with van der Waals surface area (Å²) >= 11 is 0. The van der Waals surface area contributed by atoms with Crippen LogP contribution in [-0.2, 0) is 0 Å². The molecule has 0 radical (unpaired) electrons. The molecule has 0 saturated carbocycles. The smallest absolute Gasteiger partial charge is 0.00200 e. The van der Waals surface area contributed by atoms with E-state index < -0.39 is 0 Å². The Bertz CT molecular complexity index is 1530. The molecule has 0 unspecified atom stereocenters. The Kier molecular flexibility index (Phi) is 4.33. The summed E-state index contributed by atoms with van der Waals surface area (Å²) < 4.78 is 0. The molecular formula is C32H24. The summed E-state index contributed by atoms with van der Waals surface area (Å²) in [5.74, 6) is 0. The second kappa shape index (κ2) is 7.35.